The second-order valence-electron chi connectivity index (χ2n) is 4.57. The van der Waals surface area contributed by atoms with E-state index in [0.29, 0.717) is 5.69 Å². The predicted molar refractivity (Wildman–Crippen MR) is 83.6 cm³/mol. The monoisotopic (exact) mass is 353 g/mol. The summed E-state index contributed by atoms with van der Waals surface area (Å²) >= 11 is 2.95. The fraction of sp³-hybridized carbons (Fsp3) is 0.143. The van der Waals surface area contributed by atoms with Gasteiger partial charge in [0.05, 0.1) is 9.40 Å². The van der Waals surface area contributed by atoms with Gasteiger partial charge in [-0.25, -0.2) is 4.39 Å². The molecule has 0 radical (unpaired) electrons. The largest absolute Gasteiger partial charge is 0.399 e. The van der Waals surface area contributed by atoms with Crippen molar-refractivity contribution in [3.05, 3.63) is 62.4 Å². The highest BCUT2D eigenvalue weighted by Gasteiger charge is 2.19. The van der Waals surface area contributed by atoms with Crippen molar-refractivity contribution in [1.82, 2.24) is 0 Å². The molecule has 1 atom stereocenters. The molecule has 0 heterocycles. The fourth-order valence-electron chi connectivity index (χ4n) is 1.90. The maximum Gasteiger partial charge on any atom is 0.293 e. The number of nitro benzene ring substituents is 1. The van der Waals surface area contributed by atoms with E-state index < -0.39 is 10.7 Å². The molecule has 0 fully saturated rings. The predicted octanol–water partition coefficient (Wildman–Crippen LogP) is 4.25. The van der Waals surface area contributed by atoms with Gasteiger partial charge in [0.15, 0.2) is 0 Å². The first-order chi connectivity index (χ1) is 9.88. The molecule has 0 saturated heterocycles. The number of hydrogen-bond acceptors (Lipinski definition) is 4. The summed E-state index contributed by atoms with van der Waals surface area (Å²) in [6.45, 7) is 1.83. The highest BCUT2D eigenvalue weighted by Crippen LogP contribution is 2.33. The van der Waals surface area contributed by atoms with E-state index in [4.69, 9.17) is 5.73 Å². The van der Waals surface area contributed by atoms with E-state index in [-0.39, 0.29) is 21.9 Å². The van der Waals surface area contributed by atoms with Crippen molar-refractivity contribution in [3.63, 3.8) is 0 Å². The molecule has 2 aromatic rings. The van der Waals surface area contributed by atoms with Gasteiger partial charge in [0.2, 0.25) is 0 Å². The van der Waals surface area contributed by atoms with Gasteiger partial charge in [-0.1, -0.05) is 12.1 Å². The summed E-state index contributed by atoms with van der Waals surface area (Å²) in [5.74, 6) is -0.562. The fourth-order valence-corrected chi connectivity index (χ4v) is 2.24. The SMILES string of the molecule is CC(Nc1cc(F)c(Br)cc1[N+](=O)[O-])c1ccc(N)cc1. The van der Waals surface area contributed by atoms with Gasteiger partial charge in [-0.3, -0.25) is 10.1 Å². The van der Waals surface area contributed by atoms with Crippen LogP contribution in [0.15, 0.2) is 40.9 Å². The first kappa shape index (κ1) is 15.2. The average molecular weight is 354 g/mol. The Morgan fingerprint density at radius 1 is 1.33 bits per heavy atom. The van der Waals surface area contributed by atoms with Crippen LogP contribution in [-0.2, 0) is 0 Å². The lowest BCUT2D eigenvalue weighted by molar-refractivity contribution is -0.384. The Balaban J connectivity index is 2.32. The lowest BCUT2D eigenvalue weighted by Crippen LogP contribution is -2.09. The molecule has 0 aliphatic carbocycles. The number of nitrogens with two attached hydrogens (primary N) is 1. The molecule has 0 amide bonds. The van der Waals surface area contributed by atoms with Crippen molar-refractivity contribution in [2.24, 2.45) is 0 Å². The van der Waals surface area contributed by atoms with Crippen LogP contribution >= 0.6 is 15.9 Å². The smallest absolute Gasteiger partial charge is 0.293 e. The van der Waals surface area contributed by atoms with Gasteiger partial charge in [0, 0.05) is 23.9 Å². The van der Waals surface area contributed by atoms with Crippen molar-refractivity contribution >= 4 is 33.0 Å². The minimum absolute atomic E-state index is 0.0555. The molecule has 0 aromatic heterocycles. The van der Waals surface area contributed by atoms with Crippen molar-refractivity contribution in [2.45, 2.75) is 13.0 Å². The maximum atomic E-state index is 13.6. The van der Waals surface area contributed by atoms with Crippen molar-refractivity contribution < 1.29 is 9.31 Å². The number of halogens is 2. The highest BCUT2D eigenvalue weighted by atomic mass is 79.9. The van der Waals surface area contributed by atoms with Gasteiger partial charge in [-0.15, -0.1) is 0 Å². The number of nitro groups is 1. The molecule has 110 valence electrons. The summed E-state index contributed by atoms with van der Waals surface area (Å²) < 4.78 is 13.7. The zero-order chi connectivity index (χ0) is 15.6. The Morgan fingerprint density at radius 2 is 1.95 bits per heavy atom. The number of nitrogen functional groups attached to an aromatic ring is 1. The highest BCUT2D eigenvalue weighted by molar-refractivity contribution is 9.10. The van der Waals surface area contributed by atoms with Crippen LogP contribution in [0.1, 0.15) is 18.5 Å². The molecule has 1 unspecified atom stereocenters. The van der Waals surface area contributed by atoms with E-state index in [2.05, 4.69) is 21.2 Å². The van der Waals surface area contributed by atoms with Gasteiger partial charge >= 0.3 is 0 Å². The van der Waals surface area contributed by atoms with Crippen LogP contribution in [0.5, 0.6) is 0 Å². The first-order valence-electron chi connectivity index (χ1n) is 6.14. The van der Waals surface area contributed by atoms with E-state index in [1.165, 1.54) is 0 Å². The van der Waals surface area contributed by atoms with E-state index >= 15 is 0 Å². The molecule has 2 rings (SSSR count). The Hall–Kier alpha value is -2.15. The molecule has 0 aliphatic rings. The van der Waals surface area contributed by atoms with Crippen LogP contribution in [0.4, 0.5) is 21.5 Å². The molecule has 0 spiro atoms. The normalized spacial score (nSPS) is 12.0. The zero-order valence-electron chi connectivity index (χ0n) is 11.1. The molecule has 21 heavy (non-hydrogen) atoms. The third-order valence-corrected chi connectivity index (χ3v) is 3.65. The van der Waals surface area contributed by atoms with Crippen LogP contribution in [0.3, 0.4) is 0 Å². The number of benzene rings is 2. The minimum atomic E-state index is -0.562. The quantitative estimate of drug-likeness (QED) is 0.489. The van der Waals surface area contributed by atoms with Crippen LogP contribution in [0, 0.1) is 15.9 Å². The zero-order valence-corrected chi connectivity index (χ0v) is 12.7. The van der Waals surface area contributed by atoms with E-state index in [1.54, 1.807) is 12.1 Å². The standard InChI is InChI=1S/C14H13BrFN3O2/c1-8(9-2-4-10(17)5-3-9)18-13-7-12(16)11(15)6-14(13)19(20)21/h2-8,18H,17H2,1H3. The Morgan fingerprint density at radius 3 is 2.52 bits per heavy atom. The van der Waals surface area contributed by atoms with Crippen LogP contribution in [0.2, 0.25) is 0 Å². The Kier molecular flexibility index (Phi) is 4.42. The number of hydrogen-bond donors (Lipinski definition) is 2. The number of anilines is 2. The molecular weight excluding hydrogens is 341 g/mol. The van der Waals surface area contributed by atoms with Gasteiger partial charge < -0.3 is 11.1 Å². The van der Waals surface area contributed by atoms with Crippen molar-refractivity contribution in [1.29, 1.82) is 0 Å². The summed E-state index contributed by atoms with van der Waals surface area (Å²) in [6.07, 6.45) is 0. The van der Waals surface area contributed by atoms with E-state index in [0.717, 1.165) is 17.7 Å². The van der Waals surface area contributed by atoms with Crippen molar-refractivity contribution in [3.8, 4) is 0 Å². The van der Waals surface area contributed by atoms with Gasteiger partial charge in [-0.2, -0.15) is 0 Å². The Labute approximate surface area is 129 Å². The minimum Gasteiger partial charge on any atom is -0.399 e. The third kappa shape index (κ3) is 3.49. The second-order valence-corrected chi connectivity index (χ2v) is 5.43. The van der Waals surface area contributed by atoms with Gasteiger partial charge in [-0.05, 0) is 40.5 Å². The summed E-state index contributed by atoms with van der Waals surface area (Å²) in [5, 5.41) is 14.0. The second kappa shape index (κ2) is 6.09. The summed E-state index contributed by atoms with van der Waals surface area (Å²) in [6, 6.07) is 9.13. The molecule has 0 aliphatic heterocycles. The third-order valence-electron chi connectivity index (χ3n) is 3.04. The molecule has 7 heteroatoms. The average Bonchev–Trinajstić information content (AvgIpc) is 2.43. The Bertz CT molecular complexity index is 677. The van der Waals surface area contributed by atoms with Crippen molar-refractivity contribution in [2.75, 3.05) is 11.1 Å². The van der Waals surface area contributed by atoms with Crippen LogP contribution < -0.4 is 11.1 Å². The number of rotatable bonds is 4. The molecule has 5 nitrogen and oxygen atoms in total. The first-order valence-corrected chi connectivity index (χ1v) is 6.93. The number of nitrogens with zero attached hydrogens (tertiary/aromatic N) is 1. The van der Waals surface area contributed by atoms with Gasteiger partial charge in [0.1, 0.15) is 11.5 Å². The summed E-state index contributed by atoms with van der Waals surface area (Å²) in [4.78, 5) is 10.5. The maximum absolute atomic E-state index is 13.6. The van der Waals surface area contributed by atoms with Crippen LogP contribution in [0.25, 0.3) is 0 Å². The lowest BCUT2D eigenvalue weighted by Gasteiger charge is -2.16. The molecule has 3 N–H and O–H groups in total. The molecule has 2 aromatic carbocycles. The summed E-state index contributed by atoms with van der Waals surface area (Å²) in [5.41, 5.74) is 7.08. The van der Waals surface area contributed by atoms with Crippen LogP contribution in [-0.4, -0.2) is 4.92 Å². The van der Waals surface area contributed by atoms with E-state index in [1.807, 2.05) is 19.1 Å². The topological polar surface area (TPSA) is 81.2 Å². The van der Waals surface area contributed by atoms with Gasteiger partial charge in [0.25, 0.3) is 5.69 Å². The molecule has 0 saturated carbocycles. The molecular formula is C14H13BrFN3O2. The summed E-state index contributed by atoms with van der Waals surface area (Å²) in [7, 11) is 0. The molecule has 0 bridgehead atoms. The van der Waals surface area contributed by atoms with E-state index in [9.17, 15) is 14.5 Å². The number of nitrogens with one attached hydrogen (secondary N) is 1. The lowest BCUT2D eigenvalue weighted by atomic mass is 10.1.